The summed E-state index contributed by atoms with van der Waals surface area (Å²) in [6.07, 6.45) is 5.91. The Morgan fingerprint density at radius 1 is 1.04 bits per heavy atom. The fraction of sp³-hybridized carbons (Fsp3) is 0.882. The van der Waals surface area contributed by atoms with Crippen molar-refractivity contribution in [3.05, 3.63) is 0 Å². The third kappa shape index (κ3) is 8.50. The standard InChI is InChI=1S/C17H33N5O.HI/c1-14-6-12-22(13-7-14)11-3-8-20-17(18-2)21-10-9-19-16(23)15-4-5-15;/h14-15H,3-13H2,1-2H3,(H,19,23)(H2,18,20,21);1H. The molecule has 0 spiro atoms. The first-order chi connectivity index (χ1) is 11.2. The van der Waals surface area contributed by atoms with Gasteiger partial charge in [-0.05, 0) is 57.7 Å². The van der Waals surface area contributed by atoms with Gasteiger partial charge in [0.25, 0.3) is 0 Å². The summed E-state index contributed by atoms with van der Waals surface area (Å²) in [5.41, 5.74) is 0. The minimum absolute atomic E-state index is 0. The number of halogens is 1. The molecule has 1 aliphatic carbocycles. The molecule has 1 amide bonds. The normalized spacial score (nSPS) is 19.5. The van der Waals surface area contributed by atoms with E-state index in [-0.39, 0.29) is 35.8 Å². The van der Waals surface area contributed by atoms with Crippen molar-refractivity contribution >= 4 is 35.8 Å². The molecule has 0 aromatic heterocycles. The summed E-state index contributed by atoms with van der Waals surface area (Å²) in [6.45, 7) is 8.30. The molecule has 3 N–H and O–H groups in total. The molecule has 6 nitrogen and oxygen atoms in total. The van der Waals surface area contributed by atoms with Gasteiger partial charge in [-0.1, -0.05) is 6.92 Å². The first-order valence-electron chi connectivity index (χ1n) is 9.13. The highest BCUT2D eigenvalue weighted by Crippen LogP contribution is 2.28. The van der Waals surface area contributed by atoms with E-state index in [0.717, 1.165) is 44.2 Å². The lowest BCUT2D eigenvalue weighted by molar-refractivity contribution is -0.122. The number of carbonyl (C=O) groups excluding carboxylic acids is 1. The highest BCUT2D eigenvalue weighted by molar-refractivity contribution is 14.0. The SMILES string of the molecule is CN=C(NCCCN1CCC(C)CC1)NCCNC(=O)C1CC1.I. The molecule has 2 aliphatic rings. The third-order valence-electron chi connectivity index (χ3n) is 4.71. The van der Waals surface area contributed by atoms with Crippen LogP contribution in [0, 0.1) is 11.8 Å². The van der Waals surface area contributed by atoms with Crippen molar-refractivity contribution in [2.75, 3.05) is 46.3 Å². The monoisotopic (exact) mass is 451 g/mol. The number of aliphatic imine (C=N–C) groups is 1. The zero-order chi connectivity index (χ0) is 16.5. The molecular weight excluding hydrogens is 417 g/mol. The molecule has 1 aliphatic heterocycles. The molecule has 7 heteroatoms. The van der Waals surface area contributed by atoms with Crippen LogP contribution in [-0.2, 0) is 4.79 Å². The van der Waals surface area contributed by atoms with Crippen molar-refractivity contribution in [2.24, 2.45) is 16.8 Å². The van der Waals surface area contributed by atoms with Crippen LogP contribution < -0.4 is 16.0 Å². The predicted octanol–water partition coefficient (Wildman–Crippen LogP) is 1.42. The zero-order valence-corrected chi connectivity index (χ0v) is 17.5. The van der Waals surface area contributed by atoms with Gasteiger partial charge in [-0.2, -0.15) is 0 Å². The summed E-state index contributed by atoms with van der Waals surface area (Å²) in [5, 5.41) is 9.53. The number of rotatable bonds is 8. The van der Waals surface area contributed by atoms with E-state index >= 15 is 0 Å². The molecule has 0 radical (unpaired) electrons. The average molecular weight is 451 g/mol. The van der Waals surface area contributed by atoms with Gasteiger partial charge >= 0.3 is 0 Å². The van der Waals surface area contributed by atoms with Gasteiger partial charge in [-0.25, -0.2) is 0 Å². The molecule has 24 heavy (non-hydrogen) atoms. The quantitative estimate of drug-likeness (QED) is 0.226. The first-order valence-corrected chi connectivity index (χ1v) is 9.13. The average Bonchev–Trinajstić information content (AvgIpc) is 3.39. The summed E-state index contributed by atoms with van der Waals surface area (Å²) in [4.78, 5) is 18.3. The second kappa shape index (κ2) is 11.9. The number of likely N-dealkylation sites (tertiary alicyclic amines) is 1. The van der Waals surface area contributed by atoms with Gasteiger partial charge < -0.3 is 20.9 Å². The highest BCUT2D eigenvalue weighted by Gasteiger charge is 2.28. The Balaban J connectivity index is 0.00000288. The van der Waals surface area contributed by atoms with E-state index in [0.29, 0.717) is 13.1 Å². The van der Waals surface area contributed by atoms with Crippen LogP contribution in [0.5, 0.6) is 0 Å². The maximum atomic E-state index is 11.5. The number of piperidine rings is 1. The highest BCUT2D eigenvalue weighted by atomic mass is 127. The molecule has 2 fully saturated rings. The third-order valence-corrected chi connectivity index (χ3v) is 4.71. The van der Waals surface area contributed by atoms with E-state index in [9.17, 15) is 4.79 Å². The number of nitrogens with zero attached hydrogens (tertiary/aromatic N) is 2. The van der Waals surface area contributed by atoms with Gasteiger partial charge in [0.15, 0.2) is 5.96 Å². The number of guanidine groups is 1. The maximum Gasteiger partial charge on any atom is 0.223 e. The van der Waals surface area contributed by atoms with Crippen molar-refractivity contribution in [1.29, 1.82) is 0 Å². The second-order valence-electron chi connectivity index (χ2n) is 6.87. The van der Waals surface area contributed by atoms with Crippen LogP contribution in [0.1, 0.15) is 39.0 Å². The van der Waals surface area contributed by atoms with Gasteiger partial charge in [-0.15, -0.1) is 24.0 Å². The van der Waals surface area contributed by atoms with Gasteiger partial charge in [0.1, 0.15) is 0 Å². The lowest BCUT2D eigenvalue weighted by atomic mass is 9.99. The predicted molar refractivity (Wildman–Crippen MR) is 110 cm³/mol. The van der Waals surface area contributed by atoms with E-state index in [2.05, 4.69) is 32.8 Å². The van der Waals surface area contributed by atoms with Gasteiger partial charge in [0, 0.05) is 32.6 Å². The molecule has 140 valence electrons. The Labute approximate surface area is 163 Å². The molecule has 1 heterocycles. The Kier molecular flexibility index (Phi) is 10.6. The lowest BCUT2D eigenvalue weighted by Gasteiger charge is -2.30. The number of hydrogen-bond acceptors (Lipinski definition) is 3. The summed E-state index contributed by atoms with van der Waals surface area (Å²) < 4.78 is 0. The summed E-state index contributed by atoms with van der Waals surface area (Å²) in [5.74, 6) is 2.20. The molecule has 1 saturated heterocycles. The molecule has 0 unspecified atom stereocenters. The van der Waals surface area contributed by atoms with Crippen molar-refractivity contribution < 1.29 is 4.79 Å². The van der Waals surface area contributed by atoms with Crippen LogP contribution in [0.15, 0.2) is 4.99 Å². The van der Waals surface area contributed by atoms with Crippen molar-refractivity contribution in [2.45, 2.75) is 39.0 Å². The molecule has 0 aromatic carbocycles. The zero-order valence-electron chi connectivity index (χ0n) is 15.1. The Morgan fingerprint density at radius 2 is 1.67 bits per heavy atom. The molecule has 0 aromatic rings. The van der Waals surface area contributed by atoms with E-state index in [1.807, 2.05) is 0 Å². The fourth-order valence-corrected chi connectivity index (χ4v) is 2.87. The van der Waals surface area contributed by atoms with Gasteiger partial charge in [0.2, 0.25) is 5.91 Å². The number of carbonyl (C=O) groups is 1. The summed E-state index contributed by atoms with van der Waals surface area (Å²) >= 11 is 0. The summed E-state index contributed by atoms with van der Waals surface area (Å²) in [7, 11) is 1.78. The molecule has 0 atom stereocenters. The van der Waals surface area contributed by atoms with E-state index in [1.54, 1.807) is 7.05 Å². The van der Waals surface area contributed by atoms with Crippen molar-refractivity contribution in [3.8, 4) is 0 Å². The fourth-order valence-electron chi connectivity index (χ4n) is 2.87. The van der Waals surface area contributed by atoms with Crippen LogP contribution in [-0.4, -0.2) is 63.1 Å². The topological polar surface area (TPSA) is 68.8 Å². The first kappa shape index (κ1) is 21.5. The molecule has 2 rings (SSSR count). The lowest BCUT2D eigenvalue weighted by Crippen LogP contribution is -2.42. The number of amides is 1. The molecular formula is C17H34IN5O. The van der Waals surface area contributed by atoms with E-state index in [4.69, 9.17) is 0 Å². The van der Waals surface area contributed by atoms with Crippen LogP contribution >= 0.6 is 24.0 Å². The Morgan fingerprint density at radius 3 is 2.29 bits per heavy atom. The van der Waals surface area contributed by atoms with Gasteiger partial charge in [0.05, 0.1) is 0 Å². The second-order valence-corrected chi connectivity index (χ2v) is 6.87. The smallest absolute Gasteiger partial charge is 0.223 e. The van der Waals surface area contributed by atoms with Gasteiger partial charge in [-0.3, -0.25) is 9.79 Å². The Hall–Kier alpha value is -0.570. The van der Waals surface area contributed by atoms with Crippen molar-refractivity contribution in [1.82, 2.24) is 20.9 Å². The van der Waals surface area contributed by atoms with E-state index < -0.39 is 0 Å². The minimum Gasteiger partial charge on any atom is -0.356 e. The van der Waals surface area contributed by atoms with Crippen LogP contribution in [0.2, 0.25) is 0 Å². The molecule has 0 bridgehead atoms. The molecule has 1 saturated carbocycles. The van der Waals surface area contributed by atoms with Crippen LogP contribution in [0.3, 0.4) is 0 Å². The maximum absolute atomic E-state index is 11.5. The van der Waals surface area contributed by atoms with E-state index in [1.165, 1.54) is 25.9 Å². The van der Waals surface area contributed by atoms with Crippen LogP contribution in [0.25, 0.3) is 0 Å². The Bertz CT molecular complexity index is 392. The largest absolute Gasteiger partial charge is 0.356 e. The summed E-state index contributed by atoms with van der Waals surface area (Å²) in [6, 6.07) is 0. The van der Waals surface area contributed by atoms with Crippen LogP contribution in [0.4, 0.5) is 0 Å². The number of nitrogens with one attached hydrogen (secondary N) is 3. The minimum atomic E-state index is 0. The van der Waals surface area contributed by atoms with Crippen molar-refractivity contribution in [3.63, 3.8) is 0 Å². The number of hydrogen-bond donors (Lipinski definition) is 3.